The van der Waals surface area contributed by atoms with Crippen LogP contribution in [0.5, 0.6) is 0 Å². The molecule has 1 fully saturated rings. The minimum atomic E-state index is -0.107. The Morgan fingerprint density at radius 1 is 1.15 bits per heavy atom. The molecule has 26 heavy (non-hydrogen) atoms. The van der Waals surface area contributed by atoms with E-state index in [2.05, 4.69) is 10.1 Å². The number of aromatic nitrogens is 2. The predicted molar refractivity (Wildman–Crippen MR) is 103 cm³/mol. The van der Waals surface area contributed by atoms with E-state index in [0.717, 1.165) is 11.3 Å². The summed E-state index contributed by atoms with van der Waals surface area (Å²) in [5.41, 5.74) is 1.73. The molecule has 0 aliphatic carbocycles. The van der Waals surface area contributed by atoms with Gasteiger partial charge in [0, 0.05) is 34.1 Å². The second-order valence-electron chi connectivity index (χ2n) is 6.07. The van der Waals surface area contributed by atoms with E-state index in [1.807, 2.05) is 42.7 Å². The summed E-state index contributed by atoms with van der Waals surface area (Å²) in [6.45, 7) is 0.521. The second kappa shape index (κ2) is 7.13. The summed E-state index contributed by atoms with van der Waals surface area (Å²) >= 11 is 7.60. The molecule has 0 saturated carbocycles. The smallest absolute Gasteiger partial charge is 0.232 e. The van der Waals surface area contributed by atoms with E-state index in [1.54, 1.807) is 28.8 Å². The van der Waals surface area contributed by atoms with Crippen molar-refractivity contribution in [1.82, 2.24) is 10.1 Å². The average Bonchev–Trinajstić information content (AvgIpc) is 3.29. The van der Waals surface area contributed by atoms with E-state index in [0.29, 0.717) is 29.7 Å². The van der Waals surface area contributed by atoms with Crippen LogP contribution in [-0.2, 0) is 4.79 Å². The fourth-order valence-corrected chi connectivity index (χ4v) is 3.54. The number of benzene rings is 2. The third kappa shape index (κ3) is 3.34. The van der Waals surface area contributed by atoms with Gasteiger partial charge in [-0.3, -0.25) is 4.79 Å². The lowest BCUT2D eigenvalue weighted by Gasteiger charge is -2.15. The van der Waals surface area contributed by atoms with Gasteiger partial charge in [-0.2, -0.15) is 4.98 Å². The summed E-state index contributed by atoms with van der Waals surface area (Å²) in [6.07, 6.45) is 2.39. The van der Waals surface area contributed by atoms with Crippen LogP contribution in [0.3, 0.4) is 0 Å². The van der Waals surface area contributed by atoms with Crippen molar-refractivity contribution in [2.75, 3.05) is 17.7 Å². The Bertz CT molecular complexity index is 925. The van der Waals surface area contributed by atoms with Gasteiger partial charge in [-0.05, 0) is 54.8 Å². The molecule has 0 spiro atoms. The molecule has 0 radical (unpaired) electrons. The quantitative estimate of drug-likeness (QED) is 0.612. The molecule has 0 bridgehead atoms. The van der Waals surface area contributed by atoms with Gasteiger partial charge in [0.05, 0.1) is 5.92 Å². The van der Waals surface area contributed by atoms with Gasteiger partial charge in [0.15, 0.2) is 0 Å². The van der Waals surface area contributed by atoms with Crippen molar-refractivity contribution in [3.05, 3.63) is 59.4 Å². The zero-order valence-electron chi connectivity index (χ0n) is 14.1. The number of halogens is 1. The molecule has 7 heteroatoms. The molecule has 0 N–H and O–H groups in total. The normalized spacial score (nSPS) is 17.1. The van der Waals surface area contributed by atoms with E-state index >= 15 is 0 Å². The van der Waals surface area contributed by atoms with Crippen LogP contribution in [0.2, 0.25) is 5.02 Å². The maximum Gasteiger partial charge on any atom is 0.232 e. The van der Waals surface area contributed by atoms with Crippen LogP contribution in [0.15, 0.2) is 57.9 Å². The van der Waals surface area contributed by atoms with Crippen molar-refractivity contribution >= 4 is 35.0 Å². The van der Waals surface area contributed by atoms with E-state index in [4.69, 9.17) is 16.1 Å². The van der Waals surface area contributed by atoms with E-state index in [9.17, 15) is 4.79 Å². The fourth-order valence-electron chi connectivity index (χ4n) is 3.00. The van der Waals surface area contributed by atoms with Crippen molar-refractivity contribution in [3.63, 3.8) is 0 Å². The molecular formula is C19H16ClN3O2S. The van der Waals surface area contributed by atoms with Crippen molar-refractivity contribution in [2.45, 2.75) is 17.2 Å². The van der Waals surface area contributed by atoms with Crippen molar-refractivity contribution in [1.29, 1.82) is 0 Å². The van der Waals surface area contributed by atoms with E-state index < -0.39 is 0 Å². The number of carbonyl (C=O) groups excluding carboxylic acids is 1. The summed E-state index contributed by atoms with van der Waals surface area (Å²) in [5.74, 6) is 0.982. The topological polar surface area (TPSA) is 59.2 Å². The van der Waals surface area contributed by atoms with Crippen LogP contribution in [0, 0.1) is 0 Å². The van der Waals surface area contributed by atoms with Gasteiger partial charge >= 0.3 is 0 Å². The summed E-state index contributed by atoms with van der Waals surface area (Å²) in [6, 6.07) is 15.2. The number of anilines is 1. The highest BCUT2D eigenvalue weighted by Crippen LogP contribution is 2.32. The lowest BCUT2D eigenvalue weighted by Crippen LogP contribution is -2.24. The molecule has 1 aliphatic rings. The first kappa shape index (κ1) is 17.1. The highest BCUT2D eigenvalue weighted by atomic mass is 35.5. The van der Waals surface area contributed by atoms with E-state index in [-0.39, 0.29) is 11.8 Å². The molecule has 5 nitrogen and oxygen atoms in total. The Kier molecular flexibility index (Phi) is 4.70. The molecule has 132 valence electrons. The summed E-state index contributed by atoms with van der Waals surface area (Å²) < 4.78 is 5.44. The SMILES string of the molecule is CSc1ccc(-c2noc(C3CC(=O)N(c4ccc(Cl)cc4)C3)n2)cc1. The average molecular weight is 386 g/mol. The molecule has 1 atom stereocenters. The molecule has 2 heterocycles. The molecule has 1 saturated heterocycles. The Balaban J connectivity index is 1.52. The molecule has 2 aromatic carbocycles. The number of rotatable bonds is 4. The number of amides is 1. The summed E-state index contributed by atoms with van der Waals surface area (Å²) in [4.78, 5) is 19.8. The Hall–Kier alpha value is -2.31. The third-order valence-electron chi connectivity index (χ3n) is 4.40. The first-order valence-corrected chi connectivity index (χ1v) is 9.78. The van der Waals surface area contributed by atoms with Gasteiger partial charge in [0.1, 0.15) is 0 Å². The number of nitrogens with zero attached hydrogens (tertiary/aromatic N) is 3. The maximum absolute atomic E-state index is 12.4. The van der Waals surface area contributed by atoms with Gasteiger partial charge in [-0.15, -0.1) is 11.8 Å². The number of carbonyl (C=O) groups is 1. The first-order chi connectivity index (χ1) is 12.6. The number of hydrogen-bond acceptors (Lipinski definition) is 5. The molecular weight excluding hydrogens is 370 g/mol. The standard InChI is InChI=1S/C19H16ClN3O2S/c1-26-16-8-2-12(3-9-16)18-21-19(25-22-18)13-10-17(24)23(11-13)15-6-4-14(20)5-7-15/h2-9,13H,10-11H2,1H3. The minimum Gasteiger partial charge on any atom is -0.339 e. The molecule has 1 aromatic heterocycles. The van der Waals surface area contributed by atoms with Crippen LogP contribution in [0.4, 0.5) is 5.69 Å². The Labute approximate surface area is 160 Å². The van der Waals surface area contributed by atoms with Crippen LogP contribution >= 0.6 is 23.4 Å². The second-order valence-corrected chi connectivity index (χ2v) is 7.38. The van der Waals surface area contributed by atoms with Gasteiger partial charge in [-0.25, -0.2) is 0 Å². The predicted octanol–water partition coefficient (Wildman–Crippen LogP) is 4.63. The zero-order chi connectivity index (χ0) is 18.1. The monoisotopic (exact) mass is 385 g/mol. The lowest BCUT2D eigenvalue weighted by molar-refractivity contribution is -0.117. The highest BCUT2D eigenvalue weighted by Gasteiger charge is 2.35. The number of thioether (sulfide) groups is 1. The summed E-state index contributed by atoms with van der Waals surface area (Å²) in [7, 11) is 0. The van der Waals surface area contributed by atoms with Crippen molar-refractivity contribution < 1.29 is 9.32 Å². The Morgan fingerprint density at radius 3 is 2.58 bits per heavy atom. The molecule has 1 aliphatic heterocycles. The van der Waals surface area contributed by atoms with Gasteiger partial charge in [-0.1, -0.05) is 16.8 Å². The molecule has 1 amide bonds. The van der Waals surface area contributed by atoms with Crippen LogP contribution in [0.25, 0.3) is 11.4 Å². The molecule has 1 unspecified atom stereocenters. The fraction of sp³-hybridized carbons (Fsp3) is 0.211. The van der Waals surface area contributed by atoms with Crippen LogP contribution in [-0.4, -0.2) is 28.8 Å². The van der Waals surface area contributed by atoms with Gasteiger partial charge < -0.3 is 9.42 Å². The first-order valence-electron chi connectivity index (χ1n) is 8.18. The van der Waals surface area contributed by atoms with Crippen molar-refractivity contribution in [3.8, 4) is 11.4 Å². The Morgan fingerprint density at radius 2 is 1.88 bits per heavy atom. The van der Waals surface area contributed by atoms with Crippen molar-refractivity contribution in [2.24, 2.45) is 0 Å². The minimum absolute atomic E-state index is 0.0430. The van der Waals surface area contributed by atoms with Gasteiger partial charge in [0.25, 0.3) is 0 Å². The largest absolute Gasteiger partial charge is 0.339 e. The molecule has 4 rings (SSSR count). The van der Waals surface area contributed by atoms with Crippen LogP contribution < -0.4 is 4.90 Å². The maximum atomic E-state index is 12.4. The summed E-state index contributed by atoms with van der Waals surface area (Å²) in [5, 5.41) is 4.73. The highest BCUT2D eigenvalue weighted by molar-refractivity contribution is 7.98. The van der Waals surface area contributed by atoms with Crippen LogP contribution in [0.1, 0.15) is 18.2 Å². The van der Waals surface area contributed by atoms with E-state index in [1.165, 1.54) is 4.90 Å². The molecule has 3 aromatic rings. The third-order valence-corrected chi connectivity index (χ3v) is 5.40. The lowest BCUT2D eigenvalue weighted by atomic mass is 10.1. The van der Waals surface area contributed by atoms with Gasteiger partial charge in [0.2, 0.25) is 17.6 Å². The number of hydrogen-bond donors (Lipinski definition) is 0. The zero-order valence-corrected chi connectivity index (χ0v) is 15.6.